The first-order chi connectivity index (χ1) is 5.09. The van der Waals surface area contributed by atoms with E-state index in [9.17, 15) is 0 Å². The Morgan fingerprint density at radius 1 is 1.55 bits per heavy atom. The molecule has 0 spiro atoms. The highest BCUT2D eigenvalue weighted by Gasteiger charge is 2.30. The fourth-order valence-corrected chi connectivity index (χ4v) is 1.61. The van der Waals surface area contributed by atoms with E-state index in [0.29, 0.717) is 11.8 Å². The molecule has 1 aliphatic rings. The summed E-state index contributed by atoms with van der Waals surface area (Å²) >= 11 is 0. The predicted octanol–water partition coefficient (Wildman–Crippen LogP) is 1.78. The van der Waals surface area contributed by atoms with Crippen molar-refractivity contribution in [3.05, 3.63) is 0 Å². The minimum absolute atomic E-state index is 0.282. The quantitative estimate of drug-likeness (QED) is 0.663. The van der Waals surface area contributed by atoms with Crippen LogP contribution in [-0.4, -0.2) is 17.5 Å². The second-order valence-electron chi connectivity index (χ2n) is 3.97. The van der Waals surface area contributed by atoms with Crippen molar-refractivity contribution in [2.75, 3.05) is 0 Å². The van der Waals surface area contributed by atoms with E-state index >= 15 is 0 Å². The maximum Gasteiger partial charge on any atom is 0.155 e. The zero-order chi connectivity index (χ0) is 8.43. The number of hydrogen-bond acceptors (Lipinski definition) is 2. The molecular weight excluding hydrogens is 140 g/mol. The molecule has 0 aliphatic carbocycles. The van der Waals surface area contributed by atoms with Gasteiger partial charge in [-0.15, -0.1) is 0 Å². The molecule has 0 aromatic rings. The van der Waals surface area contributed by atoms with Crippen LogP contribution in [0.15, 0.2) is 0 Å². The Bertz CT molecular complexity index is 123. The van der Waals surface area contributed by atoms with Gasteiger partial charge in [0, 0.05) is 6.42 Å². The molecule has 1 saturated heterocycles. The van der Waals surface area contributed by atoms with Crippen molar-refractivity contribution in [2.45, 2.75) is 46.0 Å². The lowest BCUT2D eigenvalue weighted by Crippen LogP contribution is -2.16. The average molecular weight is 158 g/mol. The lowest BCUT2D eigenvalue weighted by molar-refractivity contribution is -0.0958. The highest BCUT2D eigenvalue weighted by atomic mass is 16.6. The van der Waals surface area contributed by atoms with Gasteiger partial charge < -0.3 is 9.84 Å². The van der Waals surface area contributed by atoms with Gasteiger partial charge in [-0.3, -0.25) is 0 Å². The van der Waals surface area contributed by atoms with Crippen LogP contribution < -0.4 is 0 Å². The van der Waals surface area contributed by atoms with Gasteiger partial charge in [-0.25, -0.2) is 0 Å². The maximum absolute atomic E-state index is 9.16. The molecule has 1 heterocycles. The second-order valence-corrected chi connectivity index (χ2v) is 3.97. The smallest absolute Gasteiger partial charge is 0.155 e. The molecule has 1 aliphatic heterocycles. The van der Waals surface area contributed by atoms with Gasteiger partial charge in [0.1, 0.15) is 0 Å². The Balaban J connectivity index is 2.34. The predicted molar refractivity (Wildman–Crippen MR) is 44.1 cm³/mol. The first-order valence-electron chi connectivity index (χ1n) is 4.43. The Kier molecular flexibility index (Phi) is 2.90. The highest BCUT2D eigenvalue weighted by Crippen LogP contribution is 2.28. The van der Waals surface area contributed by atoms with Crippen molar-refractivity contribution in [1.82, 2.24) is 0 Å². The summed E-state index contributed by atoms with van der Waals surface area (Å²) in [5.41, 5.74) is 0. The SMILES string of the molecule is CC(C)C[C@@H]1OC(O)C[C@H]1C. The third-order valence-electron chi connectivity index (χ3n) is 2.24. The molecule has 1 fully saturated rings. The molecule has 0 saturated carbocycles. The van der Waals surface area contributed by atoms with E-state index in [1.807, 2.05) is 0 Å². The number of aliphatic hydroxyl groups excluding tert-OH is 1. The summed E-state index contributed by atoms with van der Waals surface area (Å²) in [6.07, 6.45) is 1.65. The van der Waals surface area contributed by atoms with E-state index in [1.54, 1.807) is 0 Å². The van der Waals surface area contributed by atoms with Crippen LogP contribution >= 0.6 is 0 Å². The van der Waals surface area contributed by atoms with E-state index < -0.39 is 6.29 Å². The maximum atomic E-state index is 9.16. The first-order valence-corrected chi connectivity index (χ1v) is 4.43. The Morgan fingerprint density at radius 2 is 2.18 bits per heavy atom. The minimum Gasteiger partial charge on any atom is -0.368 e. The Morgan fingerprint density at radius 3 is 2.55 bits per heavy atom. The molecule has 2 heteroatoms. The largest absolute Gasteiger partial charge is 0.368 e. The van der Waals surface area contributed by atoms with Gasteiger partial charge in [-0.05, 0) is 18.3 Å². The van der Waals surface area contributed by atoms with Crippen LogP contribution in [0, 0.1) is 11.8 Å². The summed E-state index contributed by atoms with van der Waals surface area (Å²) in [7, 11) is 0. The molecule has 0 aromatic heterocycles. The zero-order valence-electron chi connectivity index (χ0n) is 7.58. The van der Waals surface area contributed by atoms with E-state index in [4.69, 9.17) is 9.84 Å². The Labute approximate surface area is 68.6 Å². The fourth-order valence-electron chi connectivity index (χ4n) is 1.61. The van der Waals surface area contributed by atoms with Crippen molar-refractivity contribution >= 4 is 0 Å². The van der Waals surface area contributed by atoms with Crippen molar-refractivity contribution in [1.29, 1.82) is 0 Å². The lowest BCUT2D eigenvalue weighted by Gasteiger charge is -2.16. The van der Waals surface area contributed by atoms with E-state index in [0.717, 1.165) is 12.8 Å². The normalized spacial score (nSPS) is 38.5. The number of ether oxygens (including phenoxy) is 1. The van der Waals surface area contributed by atoms with Crippen LogP contribution in [0.4, 0.5) is 0 Å². The molecule has 11 heavy (non-hydrogen) atoms. The molecular formula is C9H18O2. The molecule has 0 bridgehead atoms. The number of aliphatic hydroxyl groups is 1. The van der Waals surface area contributed by atoms with Crippen LogP contribution in [0.5, 0.6) is 0 Å². The topological polar surface area (TPSA) is 29.5 Å². The van der Waals surface area contributed by atoms with Crippen LogP contribution in [0.1, 0.15) is 33.6 Å². The molecule has 0 aromatic carbocycles. The second kappa shape index (κ2) is 3.55. The van der Waals surface area contributed by atoms with Crippen LogP contribution in [-0.2, 0) is 4.74 Å². The lowest BCUT2D eigenvalue weighted by atomic mass is 9.96. The van der Waals surface area contributed by atoms with Gasteiger partial charge in [0.25, 0.3) is 0 Å². The van der Waals surface area contributed by atoms with Gasteiger partial charge in [-0.2, -0.15) is 0 Å². The number of hydrogen-bond donors (Lipinski definition) is 1. The van der Waals surface area contributed by atoms with Crippen molar-refractivity contribution in [2.24, 2.45) is 11.8 Å². The summed E-state index contributed by atoms with van der Waals surface area (Å²) in [5, 5.41) is 9.16. The summed E-state index contributed by atoms with van der Waals surface area (Å²) in [5.74, 6) is 1.18. The van der Waals surface area contributed by atoms with E-state index in [2.05, 4.69) is 20.8 Å². The van der Waals surface area contributed by atoms with Gasteiger partial charge in [0.2, 0.25) is 0 Å². The van der Waals surface area contributed by atoms with E-state index in [-0.39, 0.29) is 6.10 Å². The minimum atomic E-state index is -0.506. The van der Waals surface area contributed by atoms with E-state index in [1.165, 1.54) is 0 Å². The average Bonchev–Trinajstić information content (AvgIpc) is 2.09. The summed E-state index contributed by atoms with van der Waals surface area (Å²) in [6, 6.07) is 0. The third-order valence-corrected chi connectivity index (χ3v) is 2.24. The summed E-state index contributed by atoms with van der Waals surface area (Å²) < 4.78 is 5.34. The highest BCUT2D eigenvalue weighted by molar-refractivity contribution is 4.75. The molecule has 3 atom stereocenters. The van der Waals surface area contributed by atoms with Crippen LogP contribution in [0.25, 0.3) is 0 Å². The van der Waals surface area contributed by atoms with Gasteiger partial charge in [0.05, 0.1) is 6.10 Å². The van der Waals surface area contributed by atoms with Gasteiger partial charge in [-0.1, -0.05) is 20.8 Å². The first kappa shape index (κ1) is 9.01. The monoisotopic (exact) mass is 158 g/mol. The van der Waals surface area contributed by atoms with Gasteiger partial charge in [0.15, 0.2) is 6.29 Å². The van der Waals surface area contributed by atoms with Gasteiger partial charge >= 0.3 is 0 Å². The van der Waals surface area contributed by atoms with Crippen molar-refractivity contribution in [3.63, 3.8) is 0 Å². The van der Waals surface area contributed by atoms with Crippen LogP contribution in [0.3, 0.4) is 0 Å². The van der Waals surface area contributed by atoms with Crippen LogP contribution in [0.2, 0.25) is 0 Å². The Hall–Kier alpha value is -0.0800. The number of rotatable bonds is 2. The zero-order valence-corrected chi connectivity index (χ0v) is 7.58. The summed E-state index contributed by atoms with van der Waals surface area (Å²) in [6.45, 7) is 6.50. The molecule has 0 radical (unpaired) electrons. The molecule has 1 unspecified atom stereocenters. The van der Waals surface area contributed by atoms with Crippen molar-refractivity contribution < 1.29 is 9.84 Å². The molecule has 1 N–H and O–H groups in total. The summed E-state index contributed by atoms with van der Waals surface area (Å²) in [4.78, 5) is 0. The molecule has 66 valence electrons. The standard InChI is InChI=1S/C9H18O2/c1-6(2)4-8-7(3)5-9(10)11-8/h6-10H,4-5H2,1-3H3/t7-,8+,9?/m1/s1. The molecule has 0 amide bonds. The molecule has 2 nitrogen and oxygen atoms in total. The fraction of sp³-hybridized carbons (Fsp3) is 1.00. The third kappa shape index (κ3) is 2.46. The molecule has 1 rings (SSSR count). The van der Waals surface area contributed by atoms with Crippen molar-refractivity contribution in [3.8, 4) is 0 Å².